The Bertz CT molecular complexity index is 4330. The highest BCUT2D eigenvalue weighted by molar-refractivity contribution is 5.99. The molecule has 6 heteroatoms. The molecule has 0 unspecified atom stereocenters. The van der Waals surface area contributed by atoms with E-state index in [-0.39, 0.29) is 27.8 Å². The van der Waals surface area contributed by atoms with Gasteiger partial charge in [0.15, 0.2) is 0 Å². The molecule has 0 saturated heterocycles. The van der Waals surface area contributed by atoms with Gasteiger partial charge >= 0.3 is 6.03 Å². The topological polar surface area (TPSA) is 86.9 Å². The summed E-state index contributed by atoms with van der Waals surface area (Å²) < 4.78 is 0. The number of nitrogens with zero attached hydrogens (tertiary/aromatic N) is 1. The summed E-state index contributed by atoms with van der Waals surface area (Å²) in [5, 5.41) is 6.30. The second-order valence-corrected chi connectivity index (χ2v) is 43.9. The quantitative estimate of drug-likeness (QED) is 0.0332. The van der Waals surface area contributed by atoms with E-state index in [0.717, 1.165) is 81.0 Å². The molecule has 0 fully saturated rings. The van der Waals surface area contributed by atoms with Gasteiger partial charge in [0, 0.05) is 33.7 Å². The zero-order chi connectivity index (χ0) is 88.2. The first-order valence-electron chi connectivity index (χ1n) is 51.6. The lowest BCUT2D eigenvalue weighted by atomic mass is 9.67. The highest BCUT2D eigenvalue weighted by Gasteiger charge is 2.47. The predicted molar refractivity (Wildman–Crippen MR) is 536 cm³/mol. The van der Waals surface area contributed by atoms with Crippen LogP contribution in [0, 0.1) is 71.0 Å². The second kappa shape index (κ2) is 48.6. The number of urea groups is 1. The normalized spacial score (nSPS) is 15.5. The summed E-state index contributed by atoms with van der Waals surface area (Å²) in [4.78, 5) is 35.3. The molecular formula is C117H176N4O2. The maximum absolute atomic E-state index is 14.5. The predicted octanol–water partition coefficient (Wildman–Crippen LogP) is 35.9. The van der Waals surface area contributed by atoms with E-state index in [1.807, 2.05) is 0 Å². The smallest absolute Gasteiger partial charge is 0.326 e. The van der Waals surface area contributed by atoms with Crippen LogP contribution in [0.4, 0.5) is 16.4 Å². The summed E-state index contributed by atoms with van der Waals surface area (Å²) in [5.41, 5.74) is 23.6. The van der Waals surface area contributed by atoms with E-state index in [0.29, 0.717) is 59.2 Å². The average Bonchev–Trinajstić information content (AvgIpc) is 1.56. The molecule has 6 atom stereocenters. The van der Waals surface area contributed by atoms with Crippen molar-refractivity contribution >= 4 is 17.7 Å². The third kappa shape index (κ3) is 28.0. The van der Waals surface area contributed by atoms with Crippen LogP contribution in [-0.2, 0) is 22.7 Å². The Balaban J connectivity index is 1.06. The monoisotopic (exact) mass is 1670 g/mol. The first kappa shape index (κ1) is 98.6. The number of hydrogen-bond acceptors (Lipinski definition) is 3. The molecule has 123 heavy (non-hydrogen) atoms. The van der Waals surface area contributed by atoms with Gasteiger partial charge in [-0.25, -0.2) is 4.79 Å². The van der Waals surface area contributed by atoms with Crippen LogP contribution in [0.1, 0.15) is 434 Å². The van der Waals surface area contributed by atoms with Crippen molar-refractivity contribution in [2.45, 2.75) is 417 Å². The Hall–Kier alpha value is -6.53. The van der Waals surface area contributed by atoms with Gasteiger partial charge < -0.3 is 10.3 Å². The van der Waals surface area contributed by atoms with Crippen molar-refractivity contribution in [1.29, 1.82) is 0 Å². The highest BCUT2D eigenvalue weighted by atomic mass is 16.2. The van der Waals surface area contributed by atoms with E-state index in [4.69, 9.17) is 0 Å². The fourth-order valence-corrected chi connectivity index (χ4v) is 22.3. The first-order chi connectivity index (χ1) is 59.1. The van der Waals surface area contributed by atoms with Crippen LogP contribution in [0.15, 0.2) is 126 Å². The van der Waals surface area contributed by atoms with Crippen LogP contribution in [0.2, 0.25) is 0 Å². The molecule has 1 heterocycles. The number of anilines is 2. The number of fused-ring (bicyclic) bond motifs is 9. The molecule has 6 aromatic carbocycles. The Kier molecular flexibility index (Phi) is 39.0. The van der Waals surface area contributed by atoms with Gasteiger partial charge in [0.1, 0.15) is 0 Å². The van der Waals surface area contributed by atoms with E-state index in [1.54, 1.807) is 28.3 Å². The Labute approximate surface area is 753 Å². The number of aromatic amines is 1. The molecule has 676 valence electrons. The fourth-order valence-electron chi connectivity index (χ4n) is 22.3. The zero-order valence-corrected chi connectivity index (χ0v) is 81.9. The number of nitrogens with one attached hydrogen (secondary N) is 3. The molecule has 3 aliphatic carbocycles. The molecule has 0 aliphatic heterocycles. The molecule has 0 radical (unpaired) electrons. The van der Waals surface area contributed by atoms with Gasteiger partial charge in [-0.1, -0.05) is 390 Å². The number of aromatic nitrogens is 2. The first-order valence-corrected chi connectivity index (χ1v) is 51.6. The molecule has 3 N–H and O–H groups in total. The van der Waals surface area contributed by atoms with E-state index in [1.165, 1.54) is 279 Å². The number of rotatable bonds is 58. The van der Waals surface area contributed by atoms with Crippen LogP contribution < -0.4 is 16.2 Å². The van der Waals surface area contributed by atoms with E-state index in [2.05, 4.69) is 267 Å². The van der Waals surface area contributed by atoms with Crippen LogP contribution in [0.5, 0.6) is 0 Å². The van der Waals surface area contributed by atoms with Gasteiger partial charge in [-0.2, -0.15) is 4.98 Å². The van der Waals surface area contributed by atoms with Crippen molar-refractivity contribution in [3.63, 3.8) is 0 Å². The molecule has 2 amide bonds. The minimum atomic E-state index is -0.402. The third-order valence-corrected chi connectivity index (χ3v) is 30.2. The maximum atomic E-state index is 14.5. The van der Waals surface area contributed by atoms with E-state index >= 15 is 0 Å². The van der Waals surface area contributed by atoms with E-state index < -0.39 is 6.03 Å². The number of H-pyrrole nitrogens is 1. The number of carbonyl (C=O) groups is 1. The number of hydrogen-bond donors (Lipinski definition) is 3. The van der Waals surface area contributed by atoms with Crippen molar-refractivity contribution in [1.82, 2.24) is 9.97 Å². The largest absolute Gasteiger partial charge is 0.329 e. The van der Waals surface area contributed by atoms with Gasteiger partial charge in [0.2, 0.25) is 5.95 Å². The number of amides is 2. The van der Waals surface area contributed by atoms with Gasteiger partial charge in [-0.3, -0.25) is 10.1 Å². The lowest BCUT2D eigenvalue weighted by molar-refractivity contribution is 0.262. The standard InChI is InChI=1S/C117H176N4O2/c1-20-21-22-23-24-25-26-27-28-29-30-51-98-81-112(122)120-113(118-98)121-114(123)119-99-58-63-105-104-62-57-97(79-110(104)117(111(105)80-99,74-68-92(18)49-37-43-86(10)11)75-69-93(19)50-38-44-87(12)13)96-56-61-103-102-60-55-95(77-108(102)116(109(103)78-96,72-66-90(16)47-35-41-84(6)7)73-67-91(17)48-36-42-85(8)9)94-54-59-101-100-52-31-32-53-106(100)115(107(101)76-94,70-64-88(14)45-33-39-82(2)3)71-65-89(15)46-34-40-83(4)5/h31-32,52-63,76-93H,20-30,33-51,64-75H2,1-19H3,(H3,118,119,120,121,122,123)/t88-,89-,90-,91-,92-,93-/m0/s1. The maximum Gasteiger partial charge on any atom is 0.326 e. The van der Waals surface area contributed by atoms with Crippen molar-refractivity contribution < 1.29 is 4.79 Å². The van der Waals surface area contributed by atoms with Crippen molar-refractivity contribution in [3.05, 3.63) is 171 Å². The molecule has 0 spiro atoms. The lowest BCUT2D eigenvalue weighted by Crippen LogP contribution is -2.28. The van der Waals surface area contributed by atoms with Crippen molar-refractivity contribution in [2.75, 3.05) is 10.6 Å². The van der Waals surface area contributed by atoms with Gasteiger partial charge in [-0.15, -0.1) is 0 Å². The Morgan fingerprint density at radius 2 is 0.585 bits per heavy atom. The zero-order valence-electron chi connectivity index (χ0n) is 81.9. The Morgan fingerprint density at radius 1 is 0.301 bits per heavy atom. The van der Waals surface area contributed by atoms with Gasteiger partial charge in [-0.05, 0) is 286 Å². The third-order valence-electron chi connectivity index (χ3n) is 30.2. The van der Waals surface area contributed by atoms with Crippen LogP contribution in [0.3, 0.4) is 0 Å². The number of carbonyl (C=O) groups excluding carboxylic acids is 1. The summed E-state index contributed by atoms with van der Waals surface area (Å²) in [5.74, 6) is 8.22. The average molecular weight is 1670 g/mol. The number of aryl methyl sites for hydroxylation is 1. The summed E-state index contributed by atoms with van der Waals surface area (Å²) in [7, 11) is 0. The number of benzene rings is 6. The highest BCUT2D eigenvalue weighted by Crippen LogP contribution is 2.61. The minimum Gasteiger partial charge on any atom is -0.329 e. The second-order valence-electron chi connectivity index (χ2n) is 43.9. The lowest BCUT2D eigenvalue weighted by Gasteiger charge is -2.36. The molecular weight excluding hydrogens is 1490 g/mol. The molecule has 6 nitrogen and oxygen atoms in total. The summed E-state index contributed by atoms with van der Waals surface area (Å²) in [6, 6.07) is 48.8. The van der Waals surface area contributed by atoms with Crippen LogP contribution in [-0.4, -0.2) is 16.0 Å². The van der Waals surface area contributed by atoms with Gasteiger partial charge in [0.25, 0.3) is 5.56 Å². The Morgan fingerprint density at radius 3 is 0.911 bits per heavy atom. The number of unbranched alkanes of at least 4 members (excludes halogenated alkanes) is 10. The van der Waals surface area contributed by atoms with Gasteiger partial charge in [0.05, 0.1) is 0 Å². The van der Waals surface area contributed by atoms with Crippen molar-refractivity contribution in [3.8, 4) is 55.6 Å². The molecule has 10 rings (SSSR count). The molecule has 1 aromatic heterocycles. The van der Waals surface area contributed by atoms with Crippen LogP contribution in [0.25, 0.3) is 55.6 Å². The van der Waals surface area contributed by atoms with Crippen molar-refractivity contribution in [2.24, 2.45) is 71.0 Å². The minimum absolute atomic E-state index is 0.0394. The molecule has 3 aliphatic rings. The molecule has 7 aromatic rings. The molecule has 0 saturated carbocycles. The SMILES string of the molecule is CCCCCCCCCCCCCc1cc(=O)nc(NC(=O)Nc2ccc3c(c2)C(CC[C@@H](C)CCCC(C)C)(CC[C@@H](C)CCCC(C)C)c2cc(-c4ccc5c(c4)C(CC[C@@H](C)CCCC(C)C)(CC[C@@H](C)CCCC(C)C)c4cc(-c6ccc7c(c6)C(CC[C@@H](C)CCCC(C)C)(CC[C@@H](C)CCCC(C)C)c6ccccc6-7)ccc4-5)ccc2-3)[nH]1. The molecule has 0 bridgehead atoms. The van der Waals surface area contributed by atoms with E-state index in [9.17, 15) is 9.59 Å². The van der Waals surface area contributed by atoms with Crippen LogP contribution >= 0.6 is 0 Å². The summed E-state index contributed by atoms with van der Waals surface area (Å²) >= 11 is 0. The fraction of sp³-hybridized carbons (Fsp3) is 0.650. The summed E-state index contributed by atoms with van der Waals surface area (Å²) in [6.07, 6.45) is 51.6. The summed E-state index contributed by atoms with van der Waals surface area (Å²) in [6.45, 7) is 46.3.